The molecule has 1 amide bonds. The van der Waals surface area contributed by atoms with Crippen LogP contribution in [-0.2, 0) is 0 Å². The summed E-state index contributed by atoms with van der Waals surface area (Å²) in [7, 11) is 0. The van der Waals surface area contributed by atoms with Crippen LogP contribution in [0.4, 0.5) is 5.69 Å². The Morgan fingerprint density at radius 2 is 2.00 bits per heavy atom. The van der Waals surface area contributed by atoms with Crippen molar-refractivity contribution in [2.24, 2.45) is 5.73 Å². The van der Waals surface area contributed by atoms with Gasteiger partial charge in [-0.25, -0.2) is 4.98 Å². The summed E-state index contributed by atoms with van der Waals surface area (Å²) in [5.74, 6) is -0.0311. The van der Waals surface area contributed by atoms with Gasteiger partial charge >= 0.3 is 0 Å². The number of hydrogen-bond acceptors (Lipinski definition) is 4. The molecule has 1 heterocycles. The van der Waals surface area contributed by atoms with Gasteiger partial charge in [-0.05, 0) is 19.1 Å². The van der Waals surface area contributed by atoms with E-state index in [1.807, 2.05) is 0 Å². The van der Waals surface area contributed by atoms with Gasteiger partial charge in [0.25, 0.3) is 11.6 Å². The zero-order chi connectivity index (χ0) is 13.3. The number of non-ortho nitro benzene ring substituents is 1. The largest absolute Gasteiger partial charge is 0.364 e. The van der Waals surface area contributed by atoms with Gasteiger partial charge in [0.1, 0.15) is 11.5 Å². The van der Waals surface area contributed by atoms with Crippen LogP contribution >= 0.6 is 0 Å². The van der Waals surface area contributed by atoms with Gasteiger partial charge in [0.2, 0.25) is 0 Å². The van der Waals surface area contributed by atoms with Gasteiger partial charge in [0.15, 0.2) is 0 Å². The van der Waals surface area contributed by atoms with E-state index in [0.717, 1.165) is 0 Å². The predicted molar refractivity (Wildman–Crippen MR) is 63.5 cm³/mol. The highest BCUT2D eigenvalue weighted by Crippen LogP contribution is 2.17. The number of rotatable bonds is 3. The van der Waals surface area contributed by atoms with E-state index < -0.39 is 10.8 Å². The van der Waals surface area contributed by atoms with E-state index in [4.69, 9.17) is 5.73 Å². The minimum atomic E-state index is -0.612. The van der Waals surface area contributed by atoms with Crippen molar-refractivity contribution >= 4 is 11.6 Å². The predicted octanol–water partition coefficient (Wildman–Crippen LogP) is 1.19. The van der Waals surface area contributed by atoms with Gasteiger partial charge in [-0.1, -0.05) is 0 Å². The molecule has 0 saturated carbocycles. The molecule has 0 aliphatic heterocycles. The van der Waals surface area contributed by atoms with Crippen LogP contribution < -0.4 is 5.73 Å². The zero-order valence-electron chi connectivity index (χ0n) is 9.53. The first-order valence-corrected chi connectivity index (χ1v) is 5.09. The van der Waals surface area contributed by atoms with Crippen molar-refractivity contribution in [3.8, 4) is 5.69 Å². The van der Waals surface area contributed by atoms with E-state index in [2.05, 4.69) is 4.98 Å². The molecule has 7 nitrogen and oxygen atoms in total. The highest BCUT2D eigenvalue weighted by molar-refractivity contribution is 5.90. The molecule has 18 heavy (non-hydrogen) atoms. The van der Waals surface area contributed by atoms with Crippen molar-refractivity contribution in [2.75, 3.05) is 0 Å². The maximum Gasteiger partial charge on any atom is 0.269 e. The average molecular weight is 246 g/mol. The third-order valence-electron chi connectivity index (χ3n) is 2.47. The van der Waals surface area contributed by atoms with Crippen LogP contribution in [0.2, 0.25) is 0 Å². The number of carbonyl (C=O) groups is 1. The highest BCUT2D eigenvalue weighted by atomic mass is 16.6. The number of carbonyl (C=O) groups excluding carboxylic acids is 1. The van der Waals surface area contributed by atoms with Gasteiger partial charge in [-0.15, -0.1) is 0 Å². The van der Waals surface area contributed by atoms with E-state index in [9.17, 15) is 14.9 Å². The van der Waals surface area contributed by atoms with Gasteiger partial charge in [-0.2, -0.15) is 0 Å². The molecule has 0 spiro atoms. The molecular weight excluding hydrogens is 236 g/mol. The zero-order valence-corrected chi connectivity index (χ0v) is 9.53. The van der Waals surface area contributed by atoms with Crippen molar-refractivity contribution in [3.05, 3.63) is 52.1 Å². The molecule has 0 radical (unpaired) electrons. The lowest BCUT2D eigenvalue weighted by molar-refractivity contribution is -0.384. The Morgan fingerprint density at radius 1 is 1.39 bits per heavy atom. The number of aryl methyl sites for hydroxylation is 1. The second-order valence-electron chi connectivity index (χ2n) is 3.68. The Labute approximate surface area is 102 Å². The van der Waals surface area contributed by atoms with Crippen LogP contribution in [0, 0.1) is 17.0 Å². The summed E-state index contributed by atoms with van der Waals surface area (Å²) in [6.45, 7) is 1.72. The van der Waals surface area contributed by atoms with Crippen molar-refractivity contribution in [1.29, 1.82) is 0 Å². The summed E-state index contributed by atoms with van der Waals surface area (Å²) in [6, 6.07) is 5.94. The van der Waals surface area contributed by atoms with Crippen LogP contribution in [0.15, 0.2) is 30.5 Å². The third-order valence-corrected chi connectivity index (χ3v) is 2.47. The number of nitrogens with zero attached hydrogens (tertiary/aromatic N) is 3. The summed E-state index contributed by atoms with van der Waals surface area (Å²) >= 11 is 0. The summed E-state index contributed by atoms with van der Waals surface area (Å²) in [4.78, 5) is 25.1. The van der Waals surface area contributed by atoms with Crippen molar-refractivity contribution in [2.45, 2.75) is 6.92 Å². The molecule has 0 aliphatic carbocycles. The number of hydrogen-bond donors (Lipinski definition) is 1. The maximum absolute atomic E-state index is 11.0. The number of nitro groups is 1. The fourth-order valence-corrected chi connectivity index (χ4v) is 1.59. The first-order chi connectivity index (χ1) is 8.49. The van der Waals surface area contributed by atoms with E-state index in [1.54, 1.807) is 23.6 Å². The van der Waals surface area contributed by atoms with Crippen LogP contribution in [0.1, 0.15) is 16.3 Å². The quantitative estimate of drug-likeness (QED) is 0.648. The number of amides is 1. The summed E-state index contributed by atoms with van der Waals surface area (Å²) in [5.41, 5.74) is 5.98. The normalized spacial score (nSPS) is 10.3. The monoisotopic (exact) mass is 246 g/mol. The number of nitrogens with two attached hydrogens (primary N) is 1. The van der Waals surface area contributed by atoms with Crippen molar-refractivity contribution in [3.63, 3.8) is 0 Å². The van der Waals surface area contributed by atoms with Crippen LogP contribution in [0.25, 0.3) is 5.69 Å². The number of imidazole rings is 1. The summed E-state index contributed by atoms with van der Waals surface area (Å²) in [5, 5.41) is 10.5. The SMILES string of the molecule is Cc1nc(C(N)=O)cn1-c1ccc([N+](=O)[O-])cc1. The van der Waals surface area contributed by atoms with Crippen LogP contribution in [0.5, 0.6) is 0 Å². The Morgan fingerprint density at radius 3 is 2.44 bits per heavy atom. The average Bonchev–Trinajstić information content (AvgIpc) is 2.71. The molecule has 0 bridgehead atoms. The molecular formula is C11H10N4O3. The molecule has 2 N–H and O–H groups in total. The van der Waals surface area contributed by atoms with Gasteiger partial charge in [0, 0.05) is 24.0 Å². The number of benzene rings is 1. The standard InChI is InChI=1S/C11H10N4O3/c1-7-13-10(11(12)16)6-14(7)8-2-4-9(5-3-8)15(17)18/h2-6H,1H3,(H2,12,16). The van der Waals surface area contributed by atoms with Crippen LogP contribution in [-0.4, -0.2) is 20.4 Å². The Bertz CT molecular complexity index is 616. The molecule has 2 aromatic rings. The number of aromatic nitrogens is 2. The van der Waals surface area contributed by atoms with Crippen LogP contribution in [0.3, 0.4) is 0 Å². The Hall–Kier alpha value is -2.70. The second kappa shape index (κ2) is 4.28. The fraction of sp³-hybridized carbons (Fsp3) is 0.0909. The van der Waals surface area contributed by atoms with Gasteiger partial charge in [0.05, 0.1) is 4.92 Å². The van der Waals surface area contributed by atoms with Crippen molar-refractivity contribution < 1.29 is 9.72 Å². The minimum absolute atomic E-state index is 0.00615. The molecule has 92 valence electrons. The minimum Gasteiger partial charge on any atom is -0.364 e. The molecule has 0 fully saturated rings. The summed E-state index contributed by atoms with van der Waals surface area (Å²) < 4.78 is 1.64. The molecule has 2 rings (SSSR count). The van der Waals surface area contributed by atoms with E-state index in [-0.39, 0.29) is 11.4 Å². The molecule has 7 heteroatoms. The molecule has 0 aliphatic rings. The van der Waals surface area contributed by atoms with Crippen molar-refractivity contribution in [1.82, 2.24) is 9.55 Å². The lowest BCUT2D eigenvalue weighted by Gasteiger charge is -2.03. The van der Waals surface area contributed by atoms with Gasteiger partial charge in [-0.3, -0.25) is 14.9 Å². The Kier molecular flexibility index (Phi) is 2.80. The van der Waals surface area contributed by atoms with E-state index in [0.29, 0.717) is 11.5 Å². The van der Waals surface area contributed by atoms with E-state index in [1.165, 1.54) is 18.3 Å². The first-order valence-electron chi connectivity index (χ1n) is 5.09. The number of primary amides is 1. The topological polar surface area (TPSA) is 104 Å². The molecule has 0 saturated heterocycles. The summed E-state index contributed by atoms with van der Waals surface area (Å²) in [6.07, 6.45) is 1.50. The number of nitro benzene ring substituents is 1. The molecule has 0 unspecified atom stereocenters. The Balaban J connectivity index is 2.42. The smallest absolute Gasteiger partial charge is 0.269 e. The first kappa shape index (κ1) is 11.8. The highest BCUT2D eigenvalue weighted by Gasteiger charge is 2.11. The molecule has 1 aromatic carbocycles. The lowest BCUT2D eigenvalue weighted by Crippen LogP contribution is -2.11. The van der Waals surface area contributed by atoms with Gasteiger partial charge < -0.3 is 10.3 Å². The molecule has 0 atom stereocenters. The second-order valence-corrected chi connectivity index (χ2v) is 3.68. The lowest BCUT2D eigenvalue weighted by atomic mass is 10.3. The third kappa shape index (κ3) is 2.05. The maximum atomic E-state index is 11.0. The fourth-order valence-electron chi connectivity index (χ4n) is 1.59. The van der Waals surface area contributed by atoms with E-state index >= 15 is 0 Å². The molecule has 1 aromatic heterocycles.